The van der Waals surface area contributed by atoms with Gasteiger partial charge in [-0.1, -0.05) is 0 Å². The molecular formula is C21H19F7N6O. The lowest BCUT2D eigenvalue weighted by molar-refractivity contribution is -0.153. The van der Waals surface area contributed by atoms with Crippen LogP contribution in [0, 0.1) is 17.7 Å². The standard InChI is InChI=1S/C21H19F7N6O/c22-13-7-29-6-5-14(13)33-8-11-1-2-12(9-33)17(11)30-19-31-18-15(35-10-20(23,24)25)3-4-16(21(26,27)28)34(18)32-19/h3-7,11-12,17H,1-2,8-10H2,(H,30,32)/t11-,12+,17-. The maximum Gasteiger partial charge on any atom is 0.433 e. The van der Waals surface area contributed by atoms with Crippen LogP contribution in [0.4, 0.5) is 42.4 Å². The molecule has 0 aromatic carbocycles. The molecule has 5 rings (SSSR count). The van der Waals surface area contributed by atoms with E-state index in [1.165, 1.54) is 6.20 Å². The number of rotatable bonds is 5. The maximum atomic E-state index is 14.2. The number of alkyl halides is 6. The topological polar surface area (TPSA) is 67.6 Å². The van der Waals surface area contributed by atoms with Crippen LogP contribution in [-0.4, -0.2) is 51.5 Å². The summed E-state index contributed by atoms with van der Waals surface area (Å²) in [6.45, 7) is -0.662. The van der Waals surface area contributed by atoms with Gasteiger partial charge in [-0.3, -0.25) is 4.98 Å². The van der Waals surface area contributed by atoms with Gasteiger partial charge in [0.2, 0.25) is 5.95 Å². The van der Waals surface area contributed by atoms with E-state index in [1.54, 1.807) is 6.07 Å². The molecule has 35 heavy (non-hydrogen) atoms. The third kappa shape index (κ3) is 4.65. The van der Waals surface area contributed by atoms with E-state index in [1.807, 2.05) is 4.90 Å². The molecule has 2 fully saturated rings. The predicted molar refractivity (Wildman–Crippen MR) is 110 cm³/mol. The first-order valence-corrected chi connectivity index (χ1v) is 10.8. The second-order valence-corrected chi connectivity index (χ2v) is 8.65. The lowest BCUT2D eigenvalue weighted by Crippen LogP contribution is -2.48. The summed E-state index contributed by atoms with van der Waals surface area (Å²) >= 11 is 0. The maximum absolute atomic E-state index is 14.2. The van der Waals surface area contributed by atoms with Crippen LogP contribution >= 0.6 is 0 Å². The van der Waals surface area contributed by atoms with E-state index >= 15 is 0 Å². The van der Waals surface area contributed by atoms with Gasteiger partial charge in [0.1, 0.15) is 5.69 Å². The van der Waals surface area contributed by atoms with Crippen molar-refractivity contribution in [2.24, 2.45) is 11.8 Å². The van der Waals surface area contributed by atoms with E-state index in [2.05, 4.69) is 20.4 Å². The summed E-state index contributed by atoms with van der Waals surface area (Å²) in [5, 5.41) is 6.97. The lowest BCUT2D eigenvalue weighted by atomic mass is 9.92. The SMILES string of the molecule is Fc1cnccc1N1C[C@H]2CC[C@@H](C1)[C@@H]2Nc1nc2c(OCC(F)(F)F)ccc(C(F)(F)F)n2n1. The highest BCUT2D eigenvalue weighted by Gasteiger charge is 2.43. The number of ether oxygens (including phenoxy) is 1. The summed E-state index contributed by atoms with van der Waals surface area (Å²) in [5.74, 6) is -0.982. The first kappa shape index (κ1) is 23.4. The summed E-state index contributed by atoms with van der Waals surface area (Å²) in [5.41, 5.74) is -1.24. The van der Waals surface area contributed by atoms with Crippen molar-refractivity contribution >= 4 is 17.3 Å². The Kier molecular flexibility index (Phi) is 5.63. The van der Waals surface area contributed by atoms with E-state index in [4.69, 9.17) is 4.74 Å². The molecule has 0 unspecified atom stereocenters. The second-order valence-electron chi connectivity index (χ2n) is 8.65. The van der Waals surface area contributed by atoms with Crippen LogP contribution in [0.15, 0.2) is 30.6 Å². The van der Waals surface area contributed by atoms with Gasteiger partial charge in [0.15, 0.2) is 23.8 Å². The summed E-state index contributed by atoms with van der Waals surface area (Å²) in [6, 6.07) is 2.80. The highest BCUT2D eigenvalue weighted by molar-refractivity contribution is 5.57. The number of hydrogen-bond donors (Lipinski definition) is 1. The smallest absolute Gasteiger partial charge is 0.433 e. The van der Waals surface area contributed by atoms with Crippen molar-refractivity contribution < 1.29 is 35.5 Å². The van der Waals surface area contributed by atoms with Gasteiger partial charge in [-0.25, -0.2) is 8.91 Å². The monoisotopic (exact) mass is 504 g/mol. The molecule has 3 aromatic rings. The molecule has 1 aliphatic heterocycles. The Balaban J connectivity index is 1.41. The Hall–Kier alpha value is -3.32. The minimum Gasteiger partial charge on any atom is -0.480 e. The Morgan fingerprint density at radius 2 is 1.74 bits per heavy atom. The highest BCUT2D eigenvalue weighted by atomic mass is 19.4. The predicted octanol–water partition coefficient (Wildman–Crippen LogP) is 4.55. The van der Waals surface area contributed by atoms with Gasteiger partial charge in [0, 0.05) is 25.3 Å². The Labute approximate surface area is 193 Å². The van der Waals surface area contributed by atoms with Crippen LogP contribution in [0.5, 0.6) is 5.75 Å². The number of aromatic nitrogens is 4. The van der Waals surface area contributed by atoms with Crippen LogP contribution in [0.3, 0.4) is 0 Å². The Bertz CT molecular complexity index is 1210. The molecular weight excluding hydrogens is 485 g/mol. The van der Waals surface area contributed by atoms with E-state index in [9.17, 15) is 30.7 Å². The van der Waals surface area contributed by atoms with Crippen LogP contribution in [0.1, 0.15) is 18.5 Å². The number of hydrogen-bond acceptors (Lipinski definition) is 6. The average molecular weight is 504 g/mol. The molecule has 0 amide bonds. The third-order valence-electron chi connectivity index (χ3n) is 6.35. The molecule has 14 heteroatoms. The normalized spacial score (nSPS) is 22.6. The van der Waals surface area contributed by atoms with E-state index in [0.717, 1.165) is 25.1 Å². The van der Waals surface area contributed by atoms with Gasteiger partial charge in [-0.05, 0) is 42.9 Å². The van der Waals surface area contributed by atoms with Crippen molar-refractivity contribution in [3.8, 4) is 5.75 Å². The van der Waals surface area contributed by atoms with Crippen LogP contribution in [0.25, 0.3) is 5.65 Å². The molecule has 188 valence electrons. The first-order chi connectivity index (χ1) is 16.5. The molecule has 2 aliphatic rings. The highest BCUT2D eigenvalue weighted by Crippen LogP contribution is 2.41. The molecule has 3 atom stereocenters. The number of nitrogens with one attached hydrogen (secondary N) is 1. The molecule has 1 aliphatic carbocycles. The molecule has 0 spiro atoms. The molecule has 1 saturated heterocycles. The Morgan fingerprint density at radius 1 is 1.03 bits per heavy atom. The van der Waals surface area contributed by atoms with Gasteiger partial charge in [-0.15, -0.1) is 5.10 Å². The lowest BCUT2D eigenvalue weighted by Gasteiger charge is -2.39. The fraction of sp³-hybridized carbons (Fsp3) is 0.476. The van der Waals surface area contributed by atoms with Gasteiger partial charge < -0.3 is 15.0 Å². The number of fused-ring (bicyclic) bond motifs is 3. The molecule has 2 bridgehead atoms. The van der Waals surface area contributed by atoms with E-state index in [-0.39, 0.29) is 23.8 Å². The Morgan fingerprint density at radius 3 is 2.37 bits per heavy atom. The number of pyridine rings is 2. The molecule has 7 nitrogen and oxygen atoms in total. The van der Waals surface area contributed by atoms with Gasteiger partial charge >= 0.3 is 12.4 Å². The molecule has 3 aromatic heterocycles. The number of piperidine rings is 1. The van der Waals surface area contributed by atoms with Crippen LogP contribution < -0.4 is 15.0 Å². The quantitative estimate of drug-likeness (QED) is 0.515. The van der Waals surface area contributed by atoms with Crippen molar-refractivity contribution in [2.75, 3.05) is 29.9 Å². The van der Waals surface area contributed by atoms with Crippen molar-refractivity contribution in [1.82, 2.24) is 19.6 Å². The summed E-state index contributed by atoms with van der Waals surface area (Å²) in [7, 11) is 0. The minimum absolute atomic E-state index is 0.0379. The third-order valence-corrected chi connectivity index (χ3v) is 6.35. The zero-order valence-electron chi connectivity index (χ0n) is 17.9. The first-order valence-electron chi connectivity index (χ1n) is 10.8. The van der Waals surface area contributed by atoms with E-state index < -0.39 is 41.9 Å². The summed E-state index contributed by atoms with van der Waals surface area (Å²) in [4.78, 5) is 9.71. The van der Waals surface area contributed by atoms with Crippen LogP contribution in [0.2, 0.25) is 0 Å². The zero-order chi connectivity index (χ0) is 25.0. The number of halogens is 7. The average Bonchev–Trinajstić information content (AvgIpc) is 3.28. The van der Waals surface area contributed by atoms with Gasteiger partial charge in [0.05, 0.1) is 11.9 Å². The van der Waals surface area contributed by atoms with Crippen molar-refractivity contribution in [2.45, 2.75) is 31.2 Å². The largest absolute Gasteiger partial charge is 0.480 e. The fourth-order valence-electron chi connectivity index (χ4n) is 4.92. The molecule has 1 N–H and O–H groups in total. The molecule has 1 saturated carbocycles. The molecule has 4 heterocycles. The summed E-state index contributed by atoms with van der Waals surface area (Å²) in [6.07, 6.45) is -5.23. The zero-order valence-corrected chi connectivity index (χ0v) is 17.9. The van der Waals surface area contributed by atoms with Crippen LogP contribution in [-0.2, 0) is 6.18 Å². The van der Waals surface area contributed by atoms with E-state index in [0.29, 0.717) is 29.4 Å². The second kappa shape index (κ2) is 8.41. The van der Waals surface area contributed by atoms with Gasteiger partial charge in [-0.2, -0.15) is 31.3 Å². The number of nitrogens with zero attached hydrogens (tertiary/aromatic N) is 5. The number of anilines is 2. The summed E-state index contributed by atoms with van der Waals surface area (Å²) < 4.78 is 97.6. The van der Waals surface area contributed by atoms with Crippen molar-refractivity contribution in [3.63, 3.8) is 0 Å². The minimum atomic E-state index is -4.81. The van der Waals surface area contributed by atoms with Crippen molar-refractivity contribution in [3.05, 3.63) is 42.1 Å². The van der Waals surface area contributed by atoms with Gasteiger partial charge in [0.25, 0.3) is 0 Å². The fourth-order valence-corrected chi connectivity index (χ4v) is 4.92. The molecule has 0 radical (unpaired) electrons. The van der Waals surface area contributed by atoms with Crippen molar-refractivity contribution in [1.29, 1.82) is 0 Å².